The number of sulfone groups is 1. The fraction of sp³-hybridized carbons (Fsp3) is 0.769. The molecule has 126 valence electrons. The highest BCUT2D eigenvalue weighted by molar-refractivity contribution is 7.90. The van der Waals surface area contributed by atoms with E-state index in [2.05, 4.69) is 12.2 Å². The Bertz CT molecular complexity index is 512. The average Bonchev–Trinajstić information content (AvgIpc) is 2.43. The molecule has 1 N–H and O–H groups in total. The van der Waals surface area contributed by atoms with Crippen molar-refractivity contribution in [2.24, 2.45) is 0 Å². The van der Waals surface area contributed by atoms with Gasteiger partial charge in [-0.2, -0.15) is 5.26 Å². The van der Waals surface area contributed by atoms with Gasteiger partial charge >= 0.3 is 6.09 Å². The van der Waals surface area contributed by atoms with Gasteiger partial charge in [0.1, 0.15) is 15.9 Å². The van der Waals surface area contributed by atoms with E-state index in [1.165, 1.54) is 7.05 Å². The van der Waals surface area contributed by atoms with Crippen LogP contribution >= 0.6 is 0 Å². The normalized spacial score (nSPS) is 12.1. The van der Waals surface area contributed by atoms with Gasteiger partial charge in [0.15, 0.2) is 6.19 Å². The van der Waals surface area contributed by atoms with E-state index in [0.717, 1.165) is 25.5 Å². The molecular weight excluding hydrogens is 310 g/mol. The molecule has 0 heterocycles. The summed E-state index contributed by atoms with van der Waals surface area (Å²) in [6.45, 7) is 2.25. The Labute approximate surface area is 131 Å². The van der Waals surface area contributed by atoms with E-state index >= 15 is 0 Å². The van der Waals surface area contributed by atoms with Crippen LogP contribution in [0.5, 0.6) is 0 Å². The van der Waals surface area contributed by atoms with E-state index in [1.54, 1.807) is 6.19 Å². The Kier molecular flexibility index (Phi) is 9.17. The fourth-order valence-electron chi connectivity index (χ4n) is 1.64. The van der Waals surface area contributed by atoms with Crippen LogP contribution in [0.1, 0.15) is 32.6 Å². The SMILES string of the molecule is CCCCCCOC(=O)NC(CS(C)(=O)=O)C(=O)N(C)C#N. The van der Waals surface area contributed by atoms with Crippen LogP contribution in [-0.2, 0) is 19.4 Å². The lowest BCUT2D eigenvalue weighted by molar-refractivity contribution is -0.128. The molecule has 0 aromatic rings. The van der Waals surface area contributed by atoms with E-state index in [0.29, 0.717) is 11.3 Å². The highest BCUT2D eigenvalue weighted by atomic mass is 32.2. The molecule has 1 unspecified atom stereocenters. The molecule has 1 atom stereocenters. The Morgan fingerprint density at radius 3 is 2.45 bits per heavy atom. The highest BCUT2D eigenvalue weighted by Gasteiger charge is 2.28. The van der Waals surface area contributed by atoms with Crippen molar-refractivity contribution in [2.75, 3.05) is 25.7 Å². The quantitative estimate of drug-likeness (QED) is 0.376. The van der Waals surface area contributed by atoms with Crippen LogP contribution in [0.2, 0.25) is 0 Å². The van der Waals surface area contributed by atoms with Gasteiger partial charge in [0.2, 0.25) is 0 Å². The second-order valence-electron chi connectivity index (χ2n) is 4.98. The average molecular weight is 333 g/mol. The molecule has 9 heteroatoms. The number of nitrogens with one attached hydrogen (secondary N) is 1. The lowest BCUT2D eigenvalue weighted by Crippen LogP contribution is -2.49. The lowest BCUT2D eigenvalue weighted by atomic mass is 10.2. The van der Waals surface area contributed by atoms with Gasteiger partial charge in [0.25, 0.3) is 5.91 Å². The first-order valence-electron chi connectivity index (χ1n) is 6.99. The van der Waals surface area contributed by atoms with Crippen molar-refractivity contribution in [2.45, 2.75) is 38.6 Å². The Hall–Kier alpha value is -1.82. The first kappa shape index (κ1) is 20.2. The van der Waals surface area contributed by atoms with Gasteiger partial charge in [-0.15, -0.1) is 0 Å². The largest absolute Gasteiger partial charge is 0.450 e. The zero-order chi connectivity index (χ0) is 17.2. The summed E-state index contributed by atoms with van der Waals surface area (Å²) in [5.74, 6) is -1.40. The van der Waals surface area contributed by atoms with Crippen molar-refractivity contribution < 1.29 is 22.7 Å². The van der Waals surface area contributed by atoms with Crippen LogP contribution < -0.4 is 5.32 Å². The van der Waals surface area contributed by atoms with Gasteiger partial charge in [-0.3, -0.25) is 9.69 Å². The maximum Gasteiger partial charge on any atom is 0.407 e. The number of hydrogen-bond acceptors (Lipinski definition) is 6. The summed E-state index contributed by atoms with van der Waals surface area (Å²) >= 11 is 0. The summed E-state index contributed by atoms with van der Waals surface area (Å²) in [5.41, 5.74) is 0. The number of unbranched alkanes of at least 4 members (excludes halogenated alkanes) is 3. The molecule has 22 heavy (non-hydrogen) atoms. The third kappa shape index (κ3) is 9.18. The van der Waals surface area contributed by atoms with Crippen molar-refractivity contribution in [3.05, 3.63) is 0 Å². The molecule has 0 bridgehead atoms. The number of amides is 2. The predicted molar refractivity (Wildman–Crippen MR) is 80.5 cm³/mol. The van der Waals surface area contributed by atoms with Crippen LogP contribution in [0, 0.1) is 11.5 Å². The van der Waals surface area contributed by atoms with Crippen LogP contribution in [0.15, 0.2) is 0 Å². The maximum atomic E-state index is 11.9. The summed E-state index contributed by atoms with van der Waals surface area (Å²) in [4.78, 5) is 24.1. The van der Waals surface area contributed by atoms with Gasteiger partial charge in [0, 0.05) is 13.3 Å². The smallest absolute Gasteiger partial charge is 0.407 e. The number of hydrogen-bond donors (Lipinski definition) is 1. The second-order valence-corrected chi connectivity index (χ2v) is 7.17. The van der Waals surface area contributed by atoms with Crippen molar-refractivity contribution in [3.63, 3.8) is 0 Å². The Morgan fingerprint density at radius 1 is 1.32 bits per heavy atom. The number of nitrogens with zero attached hydrogens (tertiary/aromatic N) is 2. The Balaban J connectivity index is 4.55. The summed E-state index contributed by atoms with van der Waals surface area (Å²) in [6, 6.07) is -1.34. The van der Waals surface area contributed by atoms with E-state index in [1.807, 2.05) is 0 Å². The fourth-order valence-corrected chi connectivity index (χ4v) is 2.47. The summed E-state index contributed by atoms with van der Waals surface area (Å²) in [6.07, 6.45) is 5.35. The van der Waals surface area contributed by atoms with Gasteiger partial charge < -0.3 is 10.1 Å². The number of ether oxygens (including phenoxy) is 1. The molecule has 0 aromatic carbocycles. The van der Waals surface area contributed by atoms with E-state index in [9.17, 15) is 18.0 Å². The van der Waals surface area contributed by atoms with Crippen LogP contribution in [0.4, 0.5) is 4.79 Å². The minimum absolute atomic E-state index is 0.194. The molecule has 0 rings (SSSR count). The van der Waals surface area contributed by atoms with Crippen LogP contribution in [0.3, 0.4) is 0 Å². The number of carbonyl (C=O) groups excluding carboxylic acids is 2. The van der Waals surface area contributed by atoms with Crippen LogP contribution in [-0.4, -0.2) is 57.0 Å². The standard InChI is InChI=1S/C13H23N3O5S/c1-4-5-6-7-8-21-13(18)15-11(9-22(3,19)20)12(17)16(2)10-14/h11H,4-9H2,1-3H3,(H,15,18). The number of rotatable bonds is 9. The zero-order valence-corrected chi connectivity index (χ0v) is 14.0. The molecule has 0 aliphatic carbocycles. The summed E-state index contributed by atoms with van der Waals surface area (Å²) < 4.78 is 27.5. The monoisotopic (exact) mass is 333 g/mol. The van der Waals surface area contributed by atoms with Crippen molar-refractivity contribution in [1.82, 2.24) is 10.2 Å². The topological polar surface area (TPSA) is 117 Å². The molecule has 8 nitrogen and oxygen atoms in total. The molecule has 0 radical (unpaired) electrons. The number of nitriles is 1. The molecular formula is C13H23N3O5S. The molecule has 0 saturated carbocycles. The third-order valence-electron chi connectivity index (χ3n) is 2.77. The molecule has 2 amide bonds. The van der Waals surface area contributed by atoms with E-state index in [4.69, 9.17) is 10.00 Å². The minimum Gasteiger partial charge on any atom is -0.450 e. The van der Waals surface area contributed by atoms with Gasteiger partial charge in [-0.05, 0) is 6.42 Å². The van der Waals surface area contributed by atoms with Gasteiger partial charge in [0.05, 0.1) is 12.4 Å². The van der Waals surface area contributed by atoms with Crippen molar-refractivity contribution in [3.8, 4) is 6.19 Å². The first-order chi connectivity index (χ1) is 10.2. The summed E-state index contributed by atoms with van der Waals surface area (Å²) in [5, 5.41) is 10.9. The molecule has 0 fully saturated rings. The molecule has 0 spiro atoms. The Morgan fingerprint density at radius 2 is 1.95 bits per heavy atom. The van der Waals surface area contributed by atoms with Crippen LogP contribution in [0.25, 0.3) is 0 Å². The minimum atomic E-state index is -3.52. The van der Waals surface area contributed by atoms with Gasteiger partial charge in [-0.1, -0.05) is 26.2 Å². The second kappa shape index (κ2) is 10.00. The van der Waals surface area contributed by atoms with E-state index in [-0.39, 0.29) is 6.61 Å². The molecule has 0 aliphatic rings. The first-order valence-corrected chi connectivity index (χ1v) is 9.05. The lowest BCUT2D eigenvalue weighted by Gasteiger charge is -2.19. The molecule has 0 aromatic heterocycles. The number of carbonyl (C=O) groups is 2. The third-order valence-corrected chi connectivity index (χ3v) is 3.71. The number of likely N-dealkylation sites (N-methyl/N-ethyl adjacent to an activating group) is 1. The highest BCUT2D eigenvalue weighted by Crippen LogP contribution is 2.01. The molecule has 0 saturated heterocycles. The number of alkyl carbamates (subject to hydrolysis) is 1. The summed E-state index contributed by atoms with van der Waals surface area (Å²) in [7, 11) is -2.33. The zero-order valence-electron chi connectivity index (χ0n) is 13.2. The van der Waals surface area contributed by atoms with Gasteiger partial charge in [-0.25, -0.2) is 13.2 Å². The molecule has 0 aliphatic heterocycles. The van der Waals surface area contributed by atoms with Crippen molar-refractivity contribution >= 4 is 21.8 Å². The van der Waals surface area contributed by atoms with Crippen molar-refractivity contribution in [1.29, 1.82) is 5.26 Å². The van der Waals surface area contributed by atoms with E-state index < -0.39 is 33.6 Å². The maximum absolute atomic E-state index is 11.9. The predicted octanol–water partition coefficient (Wildman–Crippen LogP) is 0.646.